The van der Waals surface area contributed by atoms with Crippen LogP contribution in [0.3, 0.4) is 0 Å². The van der Waals surface area contributed by atoms with Gasteiger partial charge in [0, 0.05) is 18.2 Å². The van der Waals surface area contributed by atoms with Crippen molar-refractivity contribution >= 4 is 11.8 Å². The van der Waals surface area contributed by atoms with Crippen LogP contribution in [0, 0.1) is 0 Å². The Morgan fingerprint density at radius 3 is 2.88 bits per heavy atom. The first-order valence-corrected chi connectivity index (χ1v) is 12.1. The van der Waals surface area contributed by atoms with Gasteiger partial charge in [-0.25, -0.2) is 0 Å². The molecule has 2 bridgehead atoms. The van der Waals surface area contributed by atoms with Crippen LogP contribution in [0.1, 0.15) is 36.8 Å². The second kappa shape index (κ2) is 8.67. The van der Waals surface area contributed by atoms with Crippen molar-refractivity contribution in [3.63, 3.8) is 0 Å². The predicted molar refractivity (Wildman–Crippen MR) is 123 cm³/mol. The highest BCUT2D eigenvalue weighted by molar-refractivity contribution is 5.80. The lowest BCUT2D eigenvalue weighted by Gasteiger charge is -2.63. The highest BCUT2D eigenvalue weighted by Gasteiger charge is 2.72. The zero-order valence-electron chi connectivity index (χ0n) is 19.5. The molecule has 5 atom stereocenters. The zero-order valence-corrected chi connectivity index (χ0v) is 19.5. The van der Waals surface area contributed by atoms with Gasteiger partial charge in [-0.15, -0.1) is 0 Å². The van der Waals surface area contributed by atoms with Crippen LogP contribution in [0.4, 0.5) is 0 Å². The number of likely N-dealkylation sites (N-methyl/N-ethyl adjacent to an activating group) is 1. The van der Waals surface area contributed by atoms with E-state index in [4.69, 9.17) is 15.2 Å². The lowest BCUT2D eigenvalue weighted by atomic mass is 9.48. The SMILES string of the molecule is CN1CC[C@]23c4c5ccc(O)c4O[C@H]2[C@@H](NC(=O)COCC(=O)NCCCN)CC[C@@]3(O)C1C5. The van der Waals surface area contributed by atoms with Gasteiger partial charge in [0.2, 0.25) is 11.8 Å². The number of aromatic hydroxyl groups is 1. The van der Waals surface area contributed by atoms with Crippen molar-refractivity contribution in [1.29, 1.82) is 0 Å². The van der Waals surface area contributed by atoms with Crippen LogP contribution in [0.25, 0.3) is 0 Å². The van der Waals surface area contributed by atoms with Gasteiger partial charge in [-0.05, 0) is 63.9 Å². The van der Waals surface area contributed by atoms with Crippen LogP contribution < -0.4 is 21.1 Å². The number of ether oxygens (including phenoxy) is 2. The number of nitrogens with two attached hydrogens (primary N) is 1. The number of nitrogens with zero attached hydrogens (tertiary/aromatic N) is 1. The molecule has 2 amide bonds. The van der Waals surface area contributed by atoms with E-state index >= 15 is 0 Å². The summed E-state index contributed by atoms with van der Waals surface area (Å²) in [6, 6.07) is 3.19. The molecule has 0 radical (unpaired) electrons. The number of rotatable bonds is 8. The van der Waals surface area contributed by atoms with Crippen molar-refractivity contribution in [2.45, 2.75) is 61.3 Å². The number of piperidine rings is 1. The van der Waals surface area contributed by atoms with Crippen molar-refractivity contribution < 1.29 is 29.3 Å². The number of carbonyl (C=O) groups excluding carboxylic acids is 2. The Balaban J connectivity index is 1.32. The standard InChI is InChI=1S/C24H34N4O6/c1-28-10-7-23-20-14-3-4-16(29)21(20)34-22(23)15(5-6-24(23,32)17(28)11-14)27-19(31)13-33-12-18(30)26-9-2-8-25/h3-4,15,17,22,29,32H,2,5-13,25H2,1H3,(H,26,30)(H,27,31)/t15-,17?,22-,23-,24+/m0/s1. The molecule has 1 aromatic rings. The minimum absolute atomic E-state index is 0.0480. The maximum Gasteiger partial charge on any atom is 0.246 e. The van der Waals surface area contributed by atoms with Crippen LogP contribution in [0.2, 0.25) is 0 Å². The molecule has 2 fully saturated rings. The summed E-state index contributed by atoms with van der Waals surface area (Å²) < 4.78 is 11.7. The van der Waals surface area contributed by atoms with Crippen molar-refractivity contribution in [2.24, 2.45) is 5.73 Å². The van der Waals surface area contributed by atoms with E-state index in [2.05, 4.69) is 15.5 Å². The van der Waals surface area contributed by atoms with Crippen LogP contribution in [0.5, 0.6) is 11.5 Å². The Bertz CT molecular complexity index is 988. The van der Waals surface area contributed by atoms with Gasteiger partial charge < -0.3 is 41.0 Å². The summed E-state index contributed by atoms with van der Waals surface area (Å²) >= 11 is 0. The number of nitrogens with one attached hydrogen (secondary N) is 2. The lowest BCUT2D eigenvalue weighted by Crippen LogP contribution is -2.77. The molecule has 34 heavy (non-hydrogen) atoms. The van der Waals surface area contributed by atoms with E-state index in [0.717, 1.165) is 17.7 Å². The van der Waals surface area contributed by atoms with E-state index in [0.29, 0.717) is 50.9 Å². The van der Waals surface area contributed by atoms with Crippen LogP contribution in [-0.4, -0.2) is 90.6 Å². The van der Waals surface area contributed by atoms with Gasteiger partial charge in [-0.3, -0.25) is 9.59 Å². The molecule has 1 saturated carbocycles. The molecule has 2 aliphatic carbocycles. The molecule has 10 heteroatoms. The maximum absolute atomic E-state index is 12.7. The molecular weight excluding hydrogens is 440 g/mol. The van der Waals surface area contributed by atoms with Crippen molar-refractivity contribution in [1.82, 2.24) is 15.5 Å². The molecule has 10 nitrogen and oxygen atoms in total. The third-order valence-electron chi connectivity index (χ3n) is 8.25. The second-order valence-electron chi connectivity index (χ2n) is 10.0. The smallest absolute Gasteiger partial charge is 0.246 e. The monoisotopic (exact) mass is 474 g/mol. The Kier molecular flexibility index (Phi) is 5.96. The number of benzene rings is 1. The van der Waals surface area contributed by atoms with Crippen molar-refractivity contribution in [2.75, 3.05) is 39.9 Å². The van der Waals surface area contributed by atoms with Crippen LogP contribution in [-0.2, 0) is 26.2 Å². The molecule has 1 aromatic carbocycles. The number of amides is 2. The van der Waals surface area contributed by atoms with Gasteiger partial charge in [-0.2, -0.15) is 0 Å². The molecule has 5 rings (SSSR count). The Morgan fingerprint density at radius 2 is 2.09 bits per heavy atom. The summed E-state index contributed by atoms with van der Waals surface area (Å²) in [6.07, 6.45) is 2.63. The Labute approximate surface area is 198 Å². The average Bonchev–Trinajstić information content (AvgIpc) is 3.16. The second-order valence-corrected chi connectivity index (χ2v) is 10.0. The zero-order chi connectivity index (χ0) is 24.1. The Hall–Kier alpha value is -2.40. The van der Waals surface area contributed by atoms with Gasteiger partial charge in [0.05, 0.1) is 17.1 Å². The number of phenolic OH excluding ortho intramolecular Hbond substituents is 1. The van der Waals surface area contributed by atoms with E-state index in [1.807, 2.05) is 13.1 Å². The number of hydrogen-bond donors (Lipinski definition) is 5. The minimum atomic E-state index is -1.00. The highest BCUT2D eigenvalue weighted by atomic mass is 16.5. The van der Waals surface area contributed by atoms with Crippen LogP contribution in [0.15, 0.2) is 12.1 Å². The van der Waals surface area contributed by atoms with Crippen molar-refractivity contribution in [3.8, 4) is 11.5 Å². The number of hydrogen-bond acceptors (Lipinski definition) is 8. The molecule has 186 valence electrons. The first-order chi connectivity index (χ1) is 16.3. The molecule has 2 heterocycles. The summed E-state index contributed by atoms with van der Waals surface area (Å²) in [5.41, 5.74) is 5.71. The van der Waals surface area contributed by atoms with E-state index in [1.165, 1.54) is 0 Å². The normalized spacial score (nSPS) is 33.1. The highest BCUT2D eigenvalue weighted by Crippen LogP contribution is 2.65. The lowest BCUT2D eigenvalue weighted by molar-refractivity contribution is -0.187. The van der Waals surface area contributed by atoms with Gasteiger partial charge in [0.1, 0.15) is 19.3 Å². The quantitative estimate of drug-likeness (QED) is 0.306. The van der Waals surface area contributed by atoms with Gasteiger partial charge in [0.25, 0.3) is 0 Å². The summed E-state index contributed by atoms with van der Waals surface area (Å²) in [6.45, 7) is 1.31. The average molecular weight is 475 g/mol. The summed E-state index contributed by atoms with van der Waals surface area (Å²) in [7, 11) is 2.05. The minimum Gasteiger partial charge on any atom is -0.504 e. The molecule has 1 saturated heterocycles. The maximum atomic E-state index is 12.7. The van der Waals surface area contributed by atoms with E-state index < -0.39 is 17.1 Å². The first-order valence-electron chi connectivity index (χ1n) is 12.1. The van der Waals surface area contributed by atoms with Gasteiger partial charge in [0.15, 0.2) is 11.5 Å². The fraction of sp³-hybridized carbons (Fsp3) is 0.667. The van der Waals surface area contributed by atoms with E-state index in [-0.39, 0.29) is 42.9 Å². The first kappa shape index (κ1) is 23.3. The number of phenols is 1. The fourth-order valence-electron chi connectivity index (χ4n) is 6.77. The van der Waals surface area contributed by atoms with E-state index in [9.17, 15) is 19.8 Å². The molecule has 0 aromatic heterocycles. The number of likely N-dealkylation sites (tertiary alicyclic amines) is 1. The summed E-state index contributed by atoms with van der Waals surface area (Å²) in [5.74, 6) is -0.127. The third-order valence-corrected chi connectivity index (χ3v) is 8.25. The van der Waals surface area contributed by atoms with Crippen LogP contribution >= 0.6 is 0 Å². The topological polar surface area (TPSA) is 146 Å². The molecule has 1 spiro atoms. The van der Waals surface area contributed by atoms with Crippen molar-refractivity contribution in [3.05, 3.63) is 23.3 Å². The number of aliphatic hydroxyl groups is 1. The number of carbonyl (C=O) groups is 2. The molecule has 2 aliphatic heterocycles. The molecule has 1 unspecified atom stereocenters. The molecule has 6 N–H and O–H groups in total. The molecule has 4 aliphatic rings. The summed E-state index contributed by atoms with van der Waals surface area (Å²) in [5, 5.41) is 28.4. The van der Waals surface area contributed by atoms with Gasteiger partial charge >= 0.3 is 0 Å². The summed E-state index contributed by atoms with van der Waals surface area (Å²) in [4.78, 5) is 26.7. The largest absolute Gasteiger partial charge is 0.504 e. The van der Waals surface area contributed by atoms with E-state index in [1.54, 1.807) is 6.07 Å². The third kappa shape index (κ3) is 3.38. The molecular formula is C24H34N4O6. The fourth-order valence-corrected chi connectivity index (χ4v) is 6.77. The predicted octanol–water partition coefficient (Wildman–Crippen LogP) is -0.857. The Morgan fingerprint density at radius 1 is 1.29 bits per heavy atom. The van der Waals surface area contributed by atoms with Gasteiger partial charge in [-0.1, -0.05) is 6.07 Å².